The second kappa shape index (κ2) is 6.89. The van der Waals surface area contributed by atoms with E-state index in [1.807, 2.05) is 0 Å². The van der Waals surface area contributed by atoms with E-state index in [-0.39, 0.29) is 25.0 Å². The Bertz CT molecular complexity index is 560. The van der Waals surface area contributed by atoms with Crippen molar-refractivity contribution >= 4 is 29.1 Å². The Labute approximate surface area is 131 Å². The van der Waals surface area contributed by atoms with Gasteiger partial charge < -0.3 is 20.1 Å². The van der Waals surface area contributed by atoms with E-state index in [0.717, 1.165) is 0 Å². The largest absolute Gasteiger partial charge is 0.480 e. The Morgan fingerprint density at radius 1 is 1.50 bits per heavy atom. The smallest absolute Gasteiger partial charge is 0.326 e. The molecule has 2 N–H and O–H groups in total. The average molecular weight is 326 g/mol. The molecule has 1 aromatic rings. The number of carbonyl (C=O) groups excluding carboxylic acids is 2. The van der Waals surface area contributed by atoms with Crippen molar-refractivity contribution < 1.29 is 24.2 Å². The number of nitrogens with zero attached hydrogens (tertiary/aromatic N) is 1. The van der Waals surface area contributed by atoms with Gasteiger partial charge in [-0.2, -0.15) is 0 Å². The van der Waals surface area contributed by atoms with E-state index in [1.54, 1.807) is 24.4 Å². The highest BCUT2D eigenvalue weighted by atomic mass is 32.1. The number of ether oxygens (including phenoxy) is 1. The molecule has 1 aliphatic rings. The summed E-state index contributed by atoms with van der Waals surface area (Å²) in [6.07, 6.45) is -0.0476. The van der Waals surface area contributed by atoms with E-state index in [2.05, 4.69) is 5.32 Å². The van der Waals surface area contributed by atoms with Crippen molar-refractivity contribution in [1.82, 2.24) is 10.2 Å². The fourth-order valence-electron chi connectivity index (χ4n) is 2.43. The van der Waals surface area contributed by atoms with Crippen LogP contribution in [0.25, 0.3) is 0 Å². The summed E-state index contributed by atoms with van der Waals surface area (Å²) < 4.78 is 5.15. The Hall–Kier alpha value is -1.93. The first kappa shape index (κ1) is 16.4. The summed E-state index contributed by atoms with van der Waals surface area (Å²) >= 11 is 1.28. The van der Waals surface area contributed by atoms with Gasteiger partial charge in [0, 0.05) is 20.1 Å². The van der Waals surface area contributed by atoms with Crippen molar-refractivity contribution in [3.63, 3.8) is 0 Å². The van der Waals surface area contributed by atoms with Crippen LogP contribution in [0.1, 0.15) is 23.0 Å². The summed E-state index contributed by atoms with van der Waals surface area (Å²) in [4.78, 5) is 37.4. The minimum Gasteiger partial charge on any atom is -0.480 e. The van der Waals surface area contributed by atoms with Crippen molar-refractivity contribution in [3.8, 4) is 0 Å². The molecule has 1 aromatic heterocycles. The van der Waals surface area contributed by atoms with Gasteiger partial charge in [-0.3, -0.25) is 9.59 Å². The number of carboxylic acid groups (broad SMARTS) is 1. The highest BCUT2D eigenvalue weighted by Crippen LogP contribution is 2.21. The molecular weight excluding hydrogens is 308 g/mol. The third-order valence-electron chi connectivity index (χ3n) is 3.63. The van der Waals surface area contributed by atoms with Gasteiger partial charge in [-0.05, 0) is 18.4 Å². The highest BCUT2D eigenvalue weighted by Gasteiger charge is 2.41. The molecule has 1 aliphatic heterocycles. The zero-order valence-electron chi connectivity index (χ0n) is 12.3. The Balaban J connectivity index is 2.03. The predicted octanol–water partition coefficient (Wildman–Crippen LogP) is 0.567. The van der Waals surface area contributed by atoms with Crippen molar-refractivity contribution in [2.45, 2.75) is 31.5 Å². The molecule has 0 aliphatic carbocycles. The Morgan fingerprint density at radius 3 is 2.77 bits per heavy atom. The second-order valence-corrected chi connectivity index (χ2v) is 6.06. The average Bonchev–Trinajstić information content (AvgIpc) is 3.15. The van der Waals surface area contributed by atoms with Crippen LogP contribution >= 0.6 is 11.3 Å². The molecule has 3 atom stereocenters. The van der Waals surface area contributed by atoms with E-state index >= 15 is 0 Å². The van der Waals surface area contributed by atoms with Gasteiger partial charge in [0.2, 0.25) is 5.91 Å². The summed E-state index contributed by atoms with van der Waals surface area (Å²) in [5.41, 5.74) is 0. The van der Waals surface area contributed by atoms with E-state index < -0.39 is 24.0 Å². The van der Waals surface area contributed by atoms with Gasteiger partial charge in [-0.15, -0.1) is 11.3 Å². The summed E-state index contributed by atoms with van der Waals surface area (Å²) in [5.74, 6) is -1.83. The fourth-order valence-corrected chi connectivity index (χ4v) is 3.06. The first-order valence-corrected chi connectivity index (χ1v) is 7.72. The Morgan fingerprint density at radius 2 is 2.23 bits per heavy atom. The molecule has 2 rings (SSSR count). The van der Waals surface area contributed by atoms with Crippen LogP contribution < -0.4 is 5.32 Å². The number of carboxylic acids is 1. The number of hydrogen-bond donors (Lipinski definition) is 2. The molecule has 120 valence electrons. The lowest BCUT2D eigenvalue weighted by atomic mass is 10.2. The predicted molar refractivity (Wildman–Crippen MR) is 79.8 cm³/mol. The summed E-state index contributed by atoms with van der Waals surface area (Å²) in [6.45, 7) is 1.76. The van der Waals surface area contributed by atoms with E-state index in [0.29, 0.717) is 4.88 Å². The number of likely N-dealkylation sites (tertiary alicyclic amines) is 1. The first-order chi connectivity index (χ1) is 10.4. The van der Waals surface area contributed by atoms with Gasteiger partial charge in [0.15, 0.2) is 0 Å². The third-order valence-corrected chi connectivity index (χ3v) is 4.50. The van der Waals surface area contributed by atoms with E-state index in [1.165, 1.54) is 23.3 Å². The summed E-state index contributed by atoms with van der Waals surface area (Å²) in [6, 6.07) is 1.69. The first-order valence-electron chi connectivity index (χ1n) is 6.84. The molecule has 1 saturated heterocycles. The topological polar surface area (TPSA) is 95.9 Å². The lowest BCUT2D eigenvalue weighted by Crippen LogP contribution is -2.50. The van der Waals surface area contributed by atoms with Crippen LogP contribution in [0.4, 0.5) is 0 Å². The maximum absolute atomic E-state index is 12.4. The molecule has 0 aromatic carbocycles. The quantitative estimate of drug-likeness (QED) is 0.824. The lowest BCUT2D eigenvalue weighted by Gasteiger charge is -2.25. The lowest BCUT2D eigenvalue weighted by molar-refractivity contribution is -0.148. The molecule has 22 heavy (non-hydrogen) atoms. The normalized spacial score (nSPS) is 22.4. The SMILES string of the molecule is COC1CC(C(=O)O)N(C(=O)C(C)NC(=O)c2cccs2)C1. The molecule has 0 saturated carbocycles. The number of carbonyl (C=O) groups is 3. The number of amides is 2. The van der Waals surface area contributed by atoms with Crippen LogP contribution in [-0.2, 0) is 14.3 Å². The molecule has 2 amide bonds. The molecule has 0 spiro atoms. The second-order valence-electron chi connectivity index (χ2n) is 5.11. The minimum absolute atomic E-state index is 0.214. The van der Waals surface area contributed by atoms with E-state index in [4.69, 9.17) is 4.74 Å². The van der Waals surface area contributed by atoms with Gasteiger partial charge in [-0.25, -0.2) is 4.79 Å². The molecule has 3 unspecified atom stereocenters. The van der Waals surface area contributed by atoms with E-state index in [9.17, 15) is 19.5 Å². The highest BCUT2D eigenvalue weighted by molar-refractivity contribution is 7.12. The molecule has 2 heterocycles. The minimum atomic E-state index is -1.07. The van der Waals surface area contributed by atoms with Gasteiger partial charge in [0.1, 0.15) is 12.1 Å². The Kier molecular flexibility index (Phi) is 5.15. The van der Waals surface area contributed by atoms with Gasteiger partial charge in [-0.1, -0.05) is 6.07 Å². The monoisotopic (exact) mass is 326 g/mol. The summed E-state index contributed by atoms with van der Waals surface area (Å²) in [5, 5.41) is 13.6. The number of aliphatic carboxylic acids is 1. The molecule has 0 bridgehead atoms. The molecule has 8 heteroatoms. The molecule has 1 fully saturated rings. The fraction of sp³-hybridized carbons (Fsp3) is 0.500. The van der Waals surface area contributed by atoms with Crippen molar-refractivity contribution in [1.29, 1.82) is 0 Å². The van der Waals surface area contributed by atoms with Crippen LogP contribution in [0, 0.1) is 0 Å². The number of hydrogen-bond acceptors (Lipinski definition) is 5. The number of methoxy groups -OCH3 is 1. The van der Waals surface area contributed by atoms with Gasteiger partial charge in [0.05, 0.1) is 11.0 Å². The zero-order valence-corrected chi connectivity index (χ0v) is 13.1. The molecular formula is C14H18N2O5S. The standard InChI is InChI=1S/C14H18N2O5S/c1-8(15-12(17)11-4-3-5-22-11)13(18)16-7-9(21-2)6-10(16)14(19)20/h3-5,8-10H,6-7H2,1-2H3,(H,15,17)(H,19,20). The van der Waals surface area contributed by atoms with Crippen LogP contribution in [0.15, 0.2) is 17.5 Å². The molecule has 7 nitrogen and oxygen atoms in total. The van der Waals surface area contributed by atoms with Crippen molar-refractivity contribution in [2.24, 2.45) is 0 Å². The third kappa shape index (κ3) is 3.45. The van der Waals surface area contributed by atoms with Gasteiger partial charge in [0.25, 0.3) is 5.91 Å². The molecule has 0 radical (unpaired) electrons. The van der Waals surface area contributed by atoms with Crippen LogP contribution in [-0.4, -0.2) is 59.6 Å². The van der Waals surface area contributed by atoms with Gasteiger partial charge >= 0.3 is 5.97 Å². The zero-order chi connectivity index (χ0) is 16.3. The van der Waals surface area contributed by atoms with Crippen LogP contribution in [0.2, 0.25) is 0 Å². The number of nitrogens with one attached hydrogen (secondary N) is 1. The van der Waals surface area contributed by atoms with Crippen LogP contribution in [0.3, 0.4) is 0 Å². The number of thiophene rings is 1. The number of rotatable bonds is 5. The summed E-state index contributed by atoms with van der Waals surface area (Å²) in [7, 11) is 1.49. The maximum Gasteiger partial charge on any atom is 0.326 e. The van der Waals surface area contributed by atoms with Crippen molar-refractivity contribution in [3.05, 3.63) is 22.4 Å². The van der Waals surface area contributed by atoms with Crippen LogP contribution in [0.5, 0.6) is 0 Å². The maximum atomic E-state index is 12.4. The van der Waals surface area contributed by atoms with Crippen molar-refractivity contribution in [2.75, 3.05) is 13.7 Å².